The van der Waals surface area contributed by atoms with Crippen LogP contribution in [0.5, 0.6) is 5.75 Å². The number of nitrogens with zero attached hydrogens (tertiary/aromatic N) is 1. The summed E-state index contributed by atoms with van der Waals surface area (Å²) >= 11 is 0. The second-order valence-corrected chi connectivity index (χ2v) is 4.78. The van der Waals surface area contributed by atoms with Crippen molar-refractivity contribution in [3.63, 3.8) is 0 Å². The van der Waals surface area contributed by atoms with Crippen LogP contribution in [0, 0.1) is 0 Å². The SMILES string of the molecule is COC(=O)C(C(=O)c1ncccc1O)c1ccccc1C(F)(F)F. The van der Waals surface area contributed by atoms with Crippen LogP contribution in [-0.2, 0) is 15.7 Å². The molecule has 2 aromatic rings. The highest BCUT2D eigenvalue weighted by Crippen LogP contribution is 2.37. The average Bonchev–Trinajstić information content (AvgIpc) is 2.54. The summed E-state index contributed by atoms with van der Waals surface area (Å²) in [4.78, 5) is 28.2. The van der Waals surface area contributed by atoms with Crippen LogP contribution >= 0.6 is 0 Å². The van der Waals surface area contributed by atoms with Gasteiger partial charge in [0, 0.05) is 6.20 Å². The average molecular weight is 339 g/mol. The van der Waals surface area contributed by atoms with Gasteiger partial charge in [-0.25, -0.2) is 4.98 Å². The van der Waals surface area contributed by atoms with Gasteiger partial charge in [-0.2, -0.15) is 13.2 Å². The Balaban J connectivity index is 2.62. The van der Waals surface area contributed by atoms with E-state index in [1.165, 1.54) is 18.3 Å². The highest BCUT2D eigenvalue weighted by atomic mass is 19.4. The minimum Gasteiger partial charge on any atom is -0.506 e. The predicted molar refractivity (Wildman–Crippen MR) is 76.4 cm³/mol. The number of halogens is 3. The predicted octanol–water partition coefficient (Wildman–Crippen LogP) is 2.95. The van der Waals surface area contributed by atoms with Crippen LogP contribution in [0.25, 0.3) is 0 Å². The Hall–Kier alpha value is -2.90. The molecule has 8 heteroatoms. The number of esters is 1. The smallest absolute Gasteiger partial charge is 0.416 e. The fourth-order valence-electron chi connectivity index (χ4n) is 2.22. The summed E-state index contributed by atoms with van der Waals surface area (Å²) in [5, 5.41) is 9.70. The maximum Gasteiger partial charge on any atom is 0.416 e. The van der Waals surface area contributed by atoms with Gasteiger partial charge in [0.25, 0.3) is 0 Å². The highest BCUT2D eigenvalue weighted by Gasteiger charge is 2.41. The van der Waals surface area contributed by atoms with Crippen LogP contribution in [0.1, 0.15) is 27.5 Å². The van der Waals surface area contributed by atoms with Crippen molar-refractivity contribution in [2.45, 2.75) is 12.1 Å². The highest BCUT2D eigenvalue weighted by molar-refractivity contribution is 6.13. The lowest BCUT2D eigenvalue weighted by atomic mass is 9.88. The number of alkyl halides is 3. The largest absolute Gasteiger partial charge is 0.506 e. The normalized spacial score (nSPS) is 12.5. The number of aromatic hydroxyl groups is 1. The number of ketones is 1. The van der Waals surface area contributed by atoms with Gasteiger partial charge in [-0.15, -0.1) is 0 Å². The number of carbonyl (C=O) groups is 2. The Kier molecular flexibility index (Phi) is 4.87. The molecule has 2 rings (SSSR count). The number of rotatable bonds is 4. The maximum absolute atomic E-state index is 13.2. The first kappa shape index (κ1) is 17.5. The van der Waals surface area contributed by atoms with Crippen molar-refractivity contribution in [1.82, 2.24) is 4.98 Å². The number of aromatic nitrogens is 1. The molecule has 5 nitrogen and oxygen atoms in total. The molecule has 0 bridgehead atoms. The van der Waals surface area contributed by atoms with Gasteiger partial charge in [-0.05, 0) is 23.8 Å². The van der Waals surface area contributed by atoms with Gasteiger partial charge < -0.3 is 9.84 Å². The van der Waals surface area contributed by atoms with Crippen molar-refractivity contribution in [3.05, 3.63) is 59.4 Å². The Bertz CT molecular complexity index is 774. The van der Waals surface area contributed by atoms with E-state index in [0.29, 0.717) is 0 Å². The summed E-state index contributed by atoms with van der Waals surface area (Å²) in [7, 11) is 0.955. The van der Waals surface area contributed by atoms with Gasteiger partial charge in [0.05, 0.1) is 12.7 Å². The molecule has 0 spiro atoms. The summed E-state index contributed by atoms with van der Waals surface area (Å²) in [6.45, 7) is 0. The molecule has 0 amide bonds. The fraction of sp³-hybridized carbons (Fsp3) is 0.188. The molecule has 0 saturated heterocycles. The Labute approximate surface area is 134 Å². The second kappa shape index (κ2) is 6.69. The minimum absolute atomic E-state index is 0.509. The van der Waals surface area contributed by atoms with E-state index >= 15 is 0 Å². The van der Waals surface area contributed by atoms with E-state index in [2.05, 4.69) is 9.72 Å². The molecule has 0 aliphatic carbocycles. The first-order valence-electron chi connectivity index (χ1n) is 6.69. The standard InChI is InChI=1S/C16H12F3NO4/c1-24-15(23)12(14(22)13-11(21)7-4-8-20-13)9-5-2-3-6-10(9)16(17,18)19/h2-8,12,21H,1H3. The van der Waals surface area contributed by atoms with Crippen molar-refractivity contribution >= 4 is 11.8 Å². The van der Waals surface area contributed by atoms with Crippen molar-refractivity contribution in [3.8, 4) is 5.75 Å². The number of Topliss-reactive ketones (excluding diaryl/α,β-unsaturated/α-hetero) is 1. The monoisotopic (exact) mass is 339 g/mol. The van der Waals surface area contributed by atoms with Gasteiger partial charge in [0.15, 0.2) is 0 Å². The lowest BCUT2D eigenvalue weighted by Gasteiger charge is -2.19. The molecule has 0 radical (unpaired) electrons. The molecule has 24 heavy (non-hydrogen) atoms. The maximum atomic E-state index is 13.2. The van der Waals surface area contributed by atoms with Crippen LogP contribution in [0.4, 0.5) is 13.2 Å². The van der Waals surface area contributed by atoms with Crippen molar-refractivity contribution in [1.29, 1.82) is 0 Å². The summed E-state index contributed by atoms with van der Waals surface area (Å²) in [5.41, 5.74) is -2.21. The van der Waals surface area contributed by atoms with Gasteiger partial charge in [0.2, 0.25) is 5.78 Å². The first-order chi connectivity index (χ1) is 11.3. The molecule has 126 valence electrons. The molecule has 1 N–H and O–H groups in total. The molecule has 0 aliphatic heterocycles. The lowest BCUT2D eigenvalue weighted by molar-refractivity contribution is -0.142. The quantitative estimate of drug-likeness (QED) is 0.526. The van der Waals surface area contributed by atoms with Gasteiger partial charge in [-0.1, -0.05) is 18.2 Å². The summed E-state index contributed by atoms with van der Waals surface area (Å²) in [6.07, 6.45) is -3.59. The summed E-state index contributed by atoms with van der Waals surface area (Å²) in [6, 6.07) is 6.67. The van der Waals surface area contributed by atoms with Crippen molar-refractivity contribution in [2.24, 2.45) is 0 Å². The van der Waals surface area contributed by atoms with E-state index in [1.54, 1.807) is 0 Å². The van der Waals surface area contributed by atoms with E-state index in [-0.39, 0.29) is 0 Å². The molecule has 1 aromatic carbocycles. The second-order valence-electron chi connectivity index (χ2n) is 4.78. The van der Waals surface area contributed by atoms with E-state index < -0.39 is 46.4 Å². The third-order valence-electron chi connectivity index (χ3n) is 3.30. The number of ether oxygens (including phenoxy) is 1. The Morgan fingerprint density at radius 1 is 1.17 bits per heavy atom. The molecule has 1 heterocycles. The molecule has 1 unspecified atom stereocenters. The van der Waals surface area contributed by atoms with E-state index in [4.69, 9.17) is 0 Å². The third kappa shape index (κ3) is 3.37. The number of benzene rings is 1. The van der Waals surface area contributed by atoms with Gasteiger partial charge in [0.1, 0.15) is 17.4 Å². The van der Waals surface area contributed by atoms with Gasteiger partial charge in [-0.3, -0.25) is 9.59 Å². The van der Waals surface area contributed by atoms with E-state index in [0.717, 1.165) is 31.4 Å². The van der Waals surface area contributed by atoms with E-state index in [1.807, 2.05) is 0 Å². The fourth-order valence-corrected chi connectivity index (χ4v) is 2.22. The molecule has 1 aromatic heterocycles. The van der Waals surface area contributed by atoms with Crippen LogP contribution in [0.15, 0.2) is 42.6 Å². The zero-order chi connectivity index (χ0) is 17.9. The van der Waals surface area contributed by atoms with Crippen molar-refractivity contribution < 1.29 is 32.6 Å². The van der Waals surface area contributed by atoms with Crippen molar-refractivity contribution in [2.75, 3.05) is 7.11 Å². The molecule has 0 saturated carbocycles. The molecular formula is C16H12F3NO4. The molecule has 0 fully saturated rings. The molecule has 1 atom stereocenters. The Morgan fingerprint density at radius 3 is 2.42 bits per heavy atom. The van der Waals surface area contributed by atoms with Crippen LogP contribution in [-0.4, -0.2) is 29.0 Å². The first-order valence-corrected chi connectivity index (χ1v) is 6.69. The molecule has 0 aliphatic rings. The van der Waals surface area contributed by atoms with Crippen LogP contribution in [0.2, 0.25) is 0 Å². The number of hydrogen-bond acceptors (Lipinski definition) is 5. The minimum atomic E-state index is -4.77. The third-order valence-corrected chi connectivity index (χ3v) is 3.30. The summed E-state index contributed by atoms with van der Waals surface area (Å²) < 4.78 is 44.1. The summed E-state index contributed by atoms with van der Waals surface area (Å²) in [5.74, 6) is -4.70. The lowest BCUT2D eigenvalue weighted by Crippen LogP contribution is -2.27. The van der Waals surface area contributed by atoms with Crippen LogP contribution < -0.4 is 0 Å². The topological polar surface area (TPSA) is 76.5 Å². The molecular weight excluding hydrogens is 327 g/mol. The van der Waals surface area contributed by atoms with Gasteiger partial charge >= 0.3 is 12.1 Å². The van der Waals surface area contributed by atoms with E-state index in [9.17, 15) is 27.9 Å². The zero-order valence-corrected chi connectivity index (χ0v) is 12.4. The number of hydrogen-bond donors (Lipinski definition) is 1. The number of carbonyl (C=O) groups excluding carboxylic acids is 2. The zero-order valence-electron chi connectivity index (χ0n) is 12.4. The number of pyridine rings is 1. The number of methoxy groups -OCH3 is 1. The Morgan fingerprint density at radius 2 is 1.83 bits per heavy atom. The van der Waals surface area contributed by atoms with Crippen LogP contribution in [0.3, 0.4) is 0 Å².